The van der Waals surface area contributed by atoms with E-state index in [-0.39, 0.29) is 0 Å². The minimum atomic E-state index is -0.597. The molecule has 0 radical (unpaired) electrons. The molecular formula is C44H35N3O. The summed E-state index contributed by atoms with van der Waals surface area (Å²) in [6.07, 6.45) is 3.73. The Morgan fingerprint density at radius 1 is 0.500 bits per heavy atom. The minimum absolute atomic E-state index is 0.553. The summed E-state index contributed by atoms with van der Waals surface area (Å²) in [5.74, 6) is 0. The second-order valence-electron chi connectivity index (χ2n) is 12.8. The van der Waals surface area contributed by atoms with Crippen molar-refractivity contribution >= 4 is 21.9 Å². The molecular weight excluding hydrogens is 587 g/mol. The van der Waals surface area contributed by atoms with Crippen LogP contribution in [0.25, 0.3) is 33.2 Å². The lowest BCUT2D eigenvalue weighted by Gasteiger charge is -2.31. The number of nitrogens with zero attached hydrogens (tertiary/aromatic N) is 3. The molecule has 0 aliphatic heterocycles. The molecule has 0 bridgehead atoms. The SMILES string of the molecule is Cc1cc(-c2cc(C(C)(c3ccccc3)c3ccccn3)cc3c2oc2ccccc23)nc(C(C)(c2ccccc2)c2ccccn2)c1. The maximum absolute atomic E-state index is 6.68. The molecule has 232 valence electrons. The van der Waals surface area contributed by atoms with E-state index < -0.39 is 10.8 Å². The fourth-order valence-corrected chi connectivity index (χ4v) is 7.12. The van der Waals surface area contributed by atoms with E-state index in [2.05, 4.69) is 130 Å². The van der Waals surface area contributed by atoms with E-state index in [1.54, 1.807) is 0 Å². The summed E-state index contributed by atoms with van der Waals surface area (Å²) in [6.45, 7) is 6.62. The summed E-state index contributed by atoms with van der Waals surface area (Å²) in [6, 6.07) is 50.6. The Balaban J connectivity index is 1.44. The lowest BCUT2D eigenvalue weighted by molar-refractivity contribution is 0.640. The van der Waals surface area contributed by atoms with Crippen molar-refractivity contribution in [3.05, 3.63) is 197 Å². The van der Waals surface area contributed by atoms with Gasteiger partial charge in [0, 0.05) is 28.7 Å². The summed E-state index contributed by atoms with van der Waals surface area (Å²) in [7, 11) is 0. The summed E-state index contributed by atoms with van der Waals surface area (Å²) < 4.78 is 6.68. The molecule has 48 heavy (non-hydrogen) atoms. The number of benzene rings is 4. The Kier molecular flexibility index (Phi) is 7.22. The number of aromatic nitrogens is 3. The molecule has 0 saturated heterocycles. The molecule has 2 atom stereocenters. The summed E-state index contributed by atoms with van der Waals surface area (Å²) >= 11 is 0. The number of fused-ring (bicyclic) bond motifs is 3. The molecule has 0 saturated carbocycles. The average molecular weight is 622 g/mol. The molecule has 4 aromatic carbocycles. The predicted molar refractivity (Wildman–Crippen MR) is 194 cm³/mol. The van der Waals surface area contributed by atoms with E-state index in [9.17, 15) is 0 Å². The molecule has 0 fully saturated rings. The molecule has 0 amide bonds. The van der Waals surface area contributed by atoms with E-state index in [1.807, 2.05) is 48.8 Å². The maximum Gasteiger partial charge on any atom is 0.144 e. The van der Waals surface area contributed by atoms with Crippen molar-refractivity contribution in [3.63, 3.8) is 0 Å². The van der Waals surface area contributed by atoms with Gasteiger partial charge in [-0.05, 0) is 97.6 Å². The Morgan fingerprint density at radius 2 is 1.08 bits per heavy atom. The first-order valence-corrected chi connectivity index (χ1v) is 16.4. The van der Waals surface area contributed by atoms with Crippen LogP contribution >= 0.6 is 0 Å². The highest BCUT2D eigenvalue weighted by Crippen LogP contribution is 2.45. The van der Waals surface area contributed by atoms with Gasteiger partial charge in [0.25, 0.3) is 0 Å². The van der Waals surface area contributed by atoms with Crippen LogP contribution in [0.1, 0.15) is 53.2 Å². The zero-order chi connectivity index (χ0) is 32.7. The summed E-state index contributed by atoms with van der Waals surface area (Å²) in [4.78, 5) is 15.3. The Hall–Kier alpha value is -5.87. The van der Waals surface area contributed by atoms with Crippen molar-refractivity contribution < 1.29 is 4.42 Å². The lowest BCUT2D eigenvalue weighted by atomic mass is 9.72. The normalized spacial score (nSPS) is 14.1. The van der Waals surface area contributed by atoms with Crippen LogP contribution in [-0.2, 0) is 10.8 Å². The van der Waals surface area contributed by atoms with Gasteiger partial charge in [0.05, 0.1) is 33.6 Å². The molecule has 4 heterocycles. The highest BCUT2D eigenvalue weighted by molar-refractivity contribution is 6.09. The van der Waals surface area contributed by atoms with Crippen LogP contribution in [0.5, 0.6) is 0 Å². The molecule has 4 aromatic heterocycles. The molecule has 2 unspecified atom stereocenters. The monoisotopic (exact) mass is 621 g/mol. The third-order valence-corrected chi connectivity index (χ3v) is 9.87. The van der Waals surface area contributed by atoms with Crippen LogP contribution < -0.4 is 0 Å². The van der Waals surface area contributed by atoms with Gasteiger partial charge in [-0.25, -0.2) is 0 Å². The van der Waals surface area contributed by atoms with Crippen LogP contribution in [0, 0.1) is 6.92 Å². The van der Waals surface area contributed by atoms with Gasteiger partial charge in [-0.1, -0.05) is 91.0 Å². The zero-order valence-corrected chi connectivity index (χ0v) is 27.3. The number of hydrogen-bond acceptors (Lipinski definition) is 4. The van der Waals surface area contributed by atoms with E-state index in [1.165, 1.54) is 0 Å². The first kappa shape index (κ1) is 29.5. The van der Waals surface area contributed by atoms with Crippen molar-refractivity contribution in [1.29, 1.82) is 0 Å². The molecule has 0 N–H and O–H groups in total. The molecule has 0 spiro atoms. The van der Waals surface area contributed by atoms with Gasteiger partial charge in [0.2, 0.25) is 0 Å². The Bertz CT molecular complexity index is 2290. The van der Waals surface area contributed by atoms with Crippen LogP contribution in [-0.4, -0.2) is 15.0 Å². The van der Waals surface area contributed by atoms with Gasteiger partial charge < -0.3 is 4.42 Å². The van der Waals surface area contributed by atoms with Crippen molar-refractivity contribution in [2.75, 3.05) is 0 Å². The highest BCUT2D eigenvalue weighted by Gasteiger charge is 2.36. The van der Waals surface area contributed by atoms with Gasteiger partial charge in [-0.15, -0.1) is 0 Å². The quantitative estimate of drug-likeness (QED) is 0.178. The Morgan fingerprint density at radius 3 is 1.73 bits per heavy atom. The molecule has 8 rings (SSSR count). The second kappa shape index (κ2) is 11.7. The number of furan rings is 1. The average Bonchev–Trinajstić information content (AvgIpc) is 3.53. The van der Waals surface area contributed by atoms with Gasteiger partial charge in [-0.3, -0.25) is 15.0 Å². The van der Waals surface area contributed by atoms with Crippen molar-refractivity contribution in [2.24, 2.45) is 0 Å². The van der Waals surface area contributed by atoms with Gasteiger partial charge >= 0.3 is 0 Å². The van der Waals surface area contributed by atoms with E-state index in [4.69, 9.17) is 19.4 Å². The maximum atomic E-state index is 6.68. The second-order valence-corrected chi connectivity index (χ2v) is 12.8. The van der Waals surface area contributed by atoms with Gasteiger partial charge in [0.15, 0.2) is 0 Å². The number of pyridine rings is 3. The Labute approximate surface area is 280 Å². The number of rotatable bonds is 7. The van der Waals surface area contributed by atoms with Gasteiger partial charge in [-0.2, -0.15) is 0 Å². The topological polar surface area (TPSA) is 51.8 Å². The van der Waals surface area contributed by atoms with Crippen LogP contribution in [0.3, 0.4) is 0 Å². The predicted octanol–water partition coefficient (Wildman–Crippen LogP) is 10.5. The van der Waals surface area contributed by atoms with Crippen molar-refractivity contribution in [2.45, 2.75) is 31.6 Å². The molecule has 8 aromatic rings. The van der Waals surface area contributed by atoms with Crippen LogP contribution in [0.2, 0.25) is 0 Å². The third kappa shape index (κ3) is 4.80. The van der Waals surface area contributed by atoms with Crippen molar-refractivity contribution in [1.82, 2.24) is 15.0 Å². The molecule has 0 aliphatic carbocycles. The summed E-state index contributed by atoms with van der Waals surface area (Å²) in [5.41, 5.74) is 9.66. The van der Waals surface area contributed by atoms with E-state index in [0.29, 0.717) is 0 Å². The van der Waals surface area contributed by atoms with Crippen LogP contribution in [0.15, 0.2) is 162 Å². The largest absolute Gasteiger partial charge is 0.455 e. The van der Waals surface area contributed by atoms with E-state index >= 15 is 0 Å². The van der Waals surface area contributed by atoms with Gasteiger partial charge in [0.1, 0.15) is 11.2 Å². The number of para-hydroxylation sites is 1. The van der Waals surface area contributed by atoms with E-state index in [0.717, 1.165) is 72.5 Å². The fraction of sp³-hybridized carbons (Fsp3) is 0.114. The highest BCUT2D eigenvalue weighted by atomic mass is 16.3. The minimum Gasteiger partial charge on any atom is -0.455 e. The third-order valence-electron chi connectivity index (χ3n) is 9.87. The summed E-state index contributed by atoms with van der Waals surface area (Å²) in [5, 5.41) is 2.12. The molecule has 4 nitrogen and oxygen atoms in total. The van der Waals surface area contributed by atoms with Crippen molar-refractivity contribution in [3.8, 4) is 11.3 Å². The standard InChI is InChI=1S/C44H35N3O/c1-30-26-37(47-41(27-30)44(3,32-18-8-5-9-19-32)40-23-13-15-25-46-40)36-29-33(28-35-34-20-10-11-21-38(34)48-42(35)36)43(2,31-16-6-4-7-17-31)39-22-12-14-24-45-39/h4-29H,1-3H3. The fourth-order valence-electron chi connectivity index (χ4n) is 7.12. The molecule has 0 aliphatic rings. The first-order chi connectivity index (χ1) is 23.5. The number of aryl methyl sites for hydroxylation is 1. The van der Waals surface area contributed by atoms with Crippen LogP contribution in [0.4, 0.5) is 0 Å². The first-order valence-electron chi connectivity index (χ1n) is 16.4. The molecule has 4 heteroatoms. The number of hydrogen-bond donors (Lipinski definition) is 0. The smallest absolute Gasteiger partial charge is 0.144 e. The lowest BCUT2D eigenvalue weighted by Crippen LogP contribution is -2.28. The zero-order valence-electron chi connectivity index (χ0n) is 27.3.